The van der Waals surface area contributed by atoms with Gasteiger partial charge < -0.3 is 19.5 Å². The molecule has 0 fully saturated rings. The molecule has 0 spiro atoms. The lowest BCUT2D eigenvalue weighted by Gasteiger charge is -2.18. The van der Waals surface area contributed by atoms with E-state index in [0.717, 1.165) is 4.68 Å². The van der Waals surface area contributed by atoms with Crippen LogP contribution in [0.2, 0.25) is 0 Å². The first-order valence-corrected chi connectivity index (χ1v) is 9.51. The number of amides is 1. The van der Waals surface area contributed by atoms with E-state index in [1.54, 1.807) is 25.1 Å². The molecule has 31 heavy (non-hydrogen) atoms. The van der Waals surface area contributed by atoms with Gasteiger partial charge in [0, 0.05) is 23.9 Å². The van der Waals surface area contributed by atoms with E-state index in [1.165, 1.54) is 50.6 Å². The second kappa shape index (κ2) is 9.75. The predicted molar refractivity (Wildman–Crippen MR) is 113 cm³/mol. The zero-order valence-corrected chi connectivity index (χ0v) is 17.3. The number of nitrogens with one attached hydrogen (secondary N) is 1. The first-order chi connectivity index (χ1) is 14.9. The highest BCUT2D eigenvalue weighted by molar-refractivity contribution is 5.94. The molecule has 1 N–H and O–H groups in total. The number of methoxy groups -OCH3 is 2. The summed E-state index contributed by atoms with van der Waals surface area (Å²) in [6.45, 7) is 1.79. The molecule has 1 amide bonds. The molecular formula is C22H22FN3O5. The maximum Gasteiger partial charge on any atom is 0.271 e. The molecule has 1 heterocycles. The van der Waals surface area contributed by atoms with Crippen molar-refractivity contribution in [2.24, 2.45) is 0 Å². The second-order valence-electron chi connectivity index (χ2n) is 6.47. The number of carbonyl (C=O) groups is 1. The summed E-state index contributed by atoms with van der Waals surface area (Å²) in [6.07, 6.45) is -0.504. The van der Waals surface area contributed by atoms with Crippen molar-refractivity contribution >= 4 is 11.6 Å². The van der Waals surface area contributed by atoms with Crippen molar-refractivity contribution in [3.8, 4) is 23.1 Å². The molecular weight excluding hydrogens is 405 g/mol. The number of carbonyl (C=O) groups excluding carboxylic acids is 1. The lowest BCUT2D eigenvalue weighted by Crippen LogP contribution is -2.33. The third-order valence-corrected chi connectivity index (χ3v) is 4.42. The molecule has 0 saturated heterocycles. The topological polar surface area (TPSA) is 91.7 Å². The summed E-state index contributed by atoms with van der Waals surface area (Å²) in [6, 6.07) is 12.9. The van der Waals surface area contributed by atoms with E-state index in [2.05, 4.69) is 10.4 Å². The fourth-order valence-electron chi connectivity index (χ4n) is 2.83. The summed E-state index contributed by atoms with van der Waals surface area (Å²) in [7, 11) is 3.03. The van der Waals surface area contributed by atoms with Crippen LogP contribution in [-0.2, 0) is 4.79 Å². The SMILES string of the molecule is CC[C@H](Oc1ccc(=O)n(-c2ccc(F)cc2)n1)C(=O)Nc1ccc(OC)c(OC)c1. The standard InChI is InChI=1S/C22H22FN3O5/c1-4-17(22(28)24-15-7-10-18(29-2)19(13-15)30-3)31-20-11-12-21(27)26(25-20)16-8-5-14(23)6-9-16/h5-13,17H,4H2,1-3H3,(H,24,28)/t17-/m0/s1. The molecule has 0 aliphatic rings. The van der Waals surface area contributed by atoms with E-state index >= 15 is 0 Å². The van der Waals surface area contributed by atoms with Crippen LogP contribution in [0.25, 0.3) is 5.69 Å². The van der Waals surface area contributed by atoms with E-state index in [-0.39, 0.29) is 5.88 Å². The molecule has 1 aromatic heterocycles. The average molecular weight is 427 g/mol. The van der Waals surface area contributed by atoms with Crippen LogP contribution < -0.4 is 25.1 Å². The minimum absolute atomic E-state index is 0.0817. The quantitative estimate of drug-likeness (QED) is 0.594. The van der Waals surface area contributed by atoms with Crippen LogP contribution in [0.5, 0.6) is 17.4 Å². The van der Waals surface area contributed by atoms with Crippen LogP contribution in [0.4, 0.5) is 10.1 Å². The van der Waals surface area contributed by atoms with Gasteiger partial charge in [0.1, 0.15) is 5.82 Å². The molecule has 0 radical (unpaired) electrons. The molecule has 0 unspecified atom stereocenters. The summed E-state index contributed by atoms with van der Waals surface area (Å²) in [5.74, 6) is 0.273. The van der Waals surface area contributed by atoms with Crippen molar-refractivity contribution in [1.29, 1.82) is 0 Å². The van der Waals surface area contributed by atoms with Gasteiger partial charge >= 0.3 is 0 Å². The number of halogens is 1. The monoisotopic (exact) mass is 427 g/mol. The van der Waals surface area contributed by atoms with Gasteiger partial charge in [-0.25, -0.2) is 4.39 Å². The van der Waals surface area contributed by atoms with Gasteiger partial charge in [-0.1, -0.05) is 6.92 Å². The smallest absolute Gasteiger partial charge is 0.271 e. The van der Waals surface area contributed by atoms with E-state index in [9.17, 15) is 14.0 Å². The number of ether oxygens (including phenoxy) is 3. The van der Waals surface area contributed by atoms with Crippen molar-refractivity contribution in [3.05, 3.63) is 70.8 Å². The van der Waals surface area contributed by atoms with Gasteiger partial charge in [0.2, 0.25) is 5.88 Å². The van der Waals surface area contributed by atoms with Gasteiger partial charge in [-0.15, -0.1) is 5.10 Å². The van der Waals surface area contributed by atoms with Gasteiger partial charge in [-0.3, -0.25) is 9.59 Å². The molecule has 0 saturated carbocycles. The fraction of sp³-hybridized carbons (Fsp3) is 0.227. The van der Waals surface area contributed by atoms with E-state index in [4.69, 9.17) is 14.2 Å². The highest BCUT2D eigenvalue weighted by Gasteiger charge is 2.20. The third-order valence-electron chi connectivity index (χ3n) is 4.42. The van der Waals surface area contributed by atoms with Crippen molar-refractivity contribution < 1.29 is 23.4 Å². The lowest BCUT2D eigenvalue weighted by molar-refractivity contribution is -0.123. The number of aromatic nitrogens is 2. The summed E-state index contributed by atoms with van der Waals surface area (Å²) >= 11 is 0. The van der Waals surface area contributed by atoms with Crippen LogP contribution in [-0.4, -0.2) is 36.0 Å². The lowest BCUT2D eigenvalue weighted by atomic mass is 10.2. The summed E-state index contributed by atoms with van der Waals surface area (Å²) in [5, 5.41) is 6.91. The van der Waals surface area contributed by atoms with Crippen LogP contribution in [0.1, 0.15) is 13.3 Å². The van der Waals surface area contributed by atoms with Gasteiger partial charge in [0.15, 0.2) is 17.6 Å². The summed E-state index contributed by atoms with van der Waals surface area (Å²) in [4.78, 5) is 24.9. The van der Waals surface area contributed by atoms with Crippen LogP contribution >= 0.6 is 0 Å². The molecule has 3 rings (SSSR count). The Labute approximate surface area is 178 Å². The van der Waals surface area contributed by atoms with Crippen molar-refractivity contribution in [3.63, 3.8) is 0 Å². The van der Waals surface area contributed by atoms with Crippen LogP contribution in [0, 0.1) is 5.82 Å². The average Bonchev–Trinajstić information content (AvgIpc) is 2.78. The zero-order chi connectivity index (χ0) is 22.4. The fourth-order valence-corrected chi connectivity index (χ4v) is 2.83. The number of nitrogens with zero attached hydrogens (tertiary/aromatic N) is 2. The van der Waals surface area contributed by atoms with Gasteiger partial charge in [0.05, 0.1) is 19.9 Å². The minimum atomic E-state index is -0.861. The predicted octanol–water partition coefficient (Wildman–Crippen LogP) is 3.18. The van der Waals surface area contributed by atoms with Gasteiger partial charge in [-0.05, 0) is 42.8 Å². The van der Waals surface area contributed by atoms with Gasteiger partial charge in [-0.2, -0.15) is 4.68 Å². The first-order valence-electron chi connectivity index (χ1n) is 9.51. The Balaban J connectivity index is 1.77. The van der Waals surface area contributed by atoms with Crippen molar-refractivity contribution in [2.45, 2.75) is 19.4 Å². The van der Waals surface area contributed by atoms with E-state index in [0.29, 0.717) is 29.3 Å². The maximum atomic E-state index is 13.2. The highest BCUT2D eigenvalue weighted by Crippen LogP contribution is 2.29. The van der Waals surface area contributed by atoms with Crippen molar-refractivity contribution in [2.75, 3.05) is 19.5 Å². The number of benzene rings is 2. The summed E-state index contributed by atoms with van der Waals surface area (Å²) < 4.78 is 30.4. The van der Waals surface area contributed by atoms with Gasteiger partial charge in [0.25, 0.3) is 11.5 Å². The Bertz CT molecular complexity index is 1110. The van der Waals surface area contributed by atoms with Crippen LogP contribution in [0.3, 0.4) is 0 Å². The largest absolute Gasteiger partial charge is 0.493 e. The Kier molecular flexibility index (Phi) is 6.86. The molecule has 1 atom stereocenters. The number of hydrogen-bond acceptors (Lipinski definition) is 6. The molecule has 9 heteroatoms. The molecule has 0 aliphatic carbocycles. The number of anilines is 1. The van der Waals surface area contributed by atoms with E-state index in [1.807, 2.05) is 0 Å². The Hall–Kier alpha value is -3.88. The Morgan fingerprint density at radius 3 is 2.42 bits per heavy atom. The highest BCUT2D eigenvalue weighted by atomic mass is 19.1. The molecule has 2 aromatic carbocycles. The molecule has 3 aromatic rings. The molecule has 0 aliphatic heterocycles. The zero-order valence-electron chi connectivity index (χ0n) is 17.3. The Morgan fingerprint density at radius 1 is 1.06 bits per heavy atom. The Morgan fingerprint density at radius 2 is 1.77 bits per heavy atom. The maximum absolute atomic E-state index is 13.2. The van der Waals surface area contributed by atoms with Crippen molar-refractivity contribution in [1.82, 2.24) is 9.78 Å². The summed E-state index contributed by atoms with van der Waals surface area (Å²) in [5.41, 5.74) is 0.468. The normalized spacial score (nSPS) is 11.5. The van der Waals surface area contributed by atoms with E-state index < -0.39 is 23.4 Å². The second-order valence-corrected chi connectivity index (χ2v) is 6.47. The first kappa shape index (κ1) is 21.8. The number of hydrogen-bond donors (Lipinski definition) is 1. The molecule has 0 bridgehead atoms. The minimum Gasteiger partial charge on any atom is -0.493 e. The molecule has 162 valence electrons. The number of rotatable bonds is 8. The molecule has 8 nitrogen and oxygen atoms in total. The third kappa shape index (κ3) is 5.19. The van der Waals surface area contributed by atoms with Crippen LogP contribution in [0.15, 0.2) is 59.4 Å².